The van der Waals surface area contributed by atoms with Crippen molar-refractivity contribution in [3.63, 3.8) is 0 Å². The van der Waals surface area contributed by atoms with Crippen molar-refractivity contribution in [2.45, 2.75) is 25.7 Å². The molecule has 1 aliphatic carbocycles. The second kappa shape index (κ2) is 6.40. The molecule has 7 nitrogen and oxygen atoms in total. The summed E-state index contributed by atoms with van der Waals surface area (Å²) in [6, 6.07) is -0.322. The van der Waals surface area contributed by atoms with Crippen LogP contribution in [0.4, 0.5) is 4.79 Å². The van der Waals surface area contributed by atoms with Gasteiger partial charge in [0.2, 0.25) is 0 Å². The monoisotopic (exact) mass is 272 g/mol. The summed E-state index contributed by atoms with van der Waals surface area (Å²) in [7, 11) is 2.92. The molecule has 0 atom stereocenters. The molecule has 0 heterocycles. The Labute approximate surface area is 111 Å². The number of methoxy groups -OCH3 is 1. The van der Waals surface area contributed by atoms with Crippen LogP contribution < -0.4 is 5.32 Å². The van der Waals surface area contributed by atoms with Crippen LogP contribution in [0.25, 0.3) is 0 Å². The van der Waals surface area contributed by atoms with E-state index in [-0.39, 0.29) is 25.0 Å². The Morgan fingerprint density at radius 3 is 2.47 bits per heavy atom. The highest BCUT2D eigenvalue weighted by Gasteiger charge is 2.50. The first kappa shape index (κ1) is 15.3. The number of urea groups is 1. The smallest absolute Gasteiger partial charge is 0.317 e. The Morgan fingerprint density at radius 1 is 1.37 bits per heavy atom. The minimum Gasteiger partial charge on any atom is -0.481 e. The van der Waals surface area contributed by atoms with Gasteiger partial charge in [-0.05, 0) is 19.3 Å². The fraction of sp³-hybridized carbons (Fsp3) is 0.750. The van der Waals surface area contributed by atoms with E-state index in [1.807, 2.05) is 0 Å². The van der Waals surface area contributed by atoms with E-state index < -0.39 is 11.4 Å². The van der Waals surface area contributed by atoms with Gasteiger partial charge in [-0.25, -0.2) is 4.79 Å². The number of amides is 2. The van der Waals surface area contributed by atoms with Crippen LogP contribution in [0.1, 0.15) is 25.7 Å². The third kappa shape index (κ3) is 4.42. The minimum absolute atomic E-state index is 0.155. The first-order chi connectivity index (χ1) is 8.91. The summed E-state index contributed by atoms with van der Waals surface area (Å²) in [6.45, 7) is 0.573. The van der Waals surface area contributed by atoms with E-state index in [4.69, 9.17) is 5.11 Å². The van der Waals surface area contributed by atoms with E-state index in [1.165, 1.54) is 12.0 Å². The fourth-order valence-electron chi connectivity index (χ4n) is 1.66. The number of carbonyl (C=O) groups is 3. The molecule has 0 spiro atoms. The number of nitrogens with zero attached hydrogens (tertiary/aromatic N) is 1. The zero-order valence-electron chi connectivity index (χ0n) is 11.3. The lowest BCUT2D eigenvalue weighted by Crippen LogP contribution is -2.42. The third-order valence-electron chi connectivity index (χ3n) is 3.33. The van der Waals surface area contributed by atoms with Gasteiger partial charge in [-0.1, -0.05) is 0 Å². The molecular formula is C12H20N2O5. The van der Waals surface area contributed by atoms with Gasteiger partial charge >= 0.3 is 18.0 Å². The van der Waals surface area contributed by atoms with Crippen molar-refractivity contribution in [2.24, 2.45) is 5.41 Å². The van der Waals surface area contributed by atoms with E-state index in [0.29, 0.717) is 25.8 Å². The summed E-state index contributed by atoms with van der Waals surface area (Å²) in [6.07, 6.45) is 1.98. The number of carboxylic acid groups (broad SMARTS) is 1. The van der Waals surface area contributed by atoms with E-state index in [2.05, 4.69) is 10.1 Å². The zero-order valence-corrected chi connectivity index (χ0v) is 11.3. The van der Waals surface area contributed by atoms with Crippen molar-refractivity contribution in [3.8, 4) is 0 Å². The molecule has 0 unspecified atom stereocenters. The van der Waals surface area contributed by atoms with Crippen LogP contribution in [0.3, 0.4) is 0 Å². The number of nitrogens with one attached hydrogen (secondary N) is 1. The molecule has 1 aliphatic rings. The first-order valence-corrected chi connectivity index (χ1v) is 6.20. The molecule has 0 saturated heterocycles. The van der Waals surface area contributed by atoms with Crippen molar-refractivity contribution in [2.75, 3.05) is 27.2 Å². The largest absolute Gasteiger partial charge is 0.481 e. The average molecular weight is 272 g/mol. The topological polar surface area (TPSA) is 95.9 Å². The molecule has 2 N–H and O–H groups in total. The van der Waals surface area contributed by atoms with Gasteiger partial charge in [0.1, 0.15) is 0 Å². The van der Waals surface area contributed by atoms with Crippen molar-refractivity contribution < 1.29 is 24.2 Å². The van der Waals surface area contributed by atoms with E-state index in [0.717, 1.165) is 0 Å². The third-order valence-corrected chi connectivity index (χ3v) is 3.33. The molecule has 1 saturated carbocycles. The lowest BCUT2D eigenvalue weighted by molar-refractivity contribution is -0.143. The molecule has 108 valence electrons. The van der Waals surface area contributed by atoms with Gasteiger partial charge in [0.25, 0.3) is 0 Å². The maximum atomic E-state index is 11.7. The summed E-state index contributed by atoms with van der Waals surface area (Å²) < 4.78 is 4.50. The van der Waals surface area contributed by atoms with Crippen LogP contribution in [0.5, 0.6) is 0 Å². The summed E-state index contributed by atoms with van der Waals surface area (Å²) in [5.41, 5.74) is -0.761. The molecule has 0 radical (unpaired) electrons. The number of hydrogen-bond donors (Lipinski definition) is 2. The van der Waals surface area contributed by atoms with Crippen molar-refractivity contribution in [1.82, 2.24) is 10.2 Å². The van der Waals surface area contributed by atoms with Crippen LogP contribution in [-0.2, 0) is 14.3 Å². The van der Waals surface area contributed by atoms with Crippen LogP contribution >= 0.6 is 0 Å². The minimum atomic E-state index is -0.860. The molecule has 0 bridgehead atoms. The van der Waals surface area contributed by atoms with Crippen molar-refractivity contribution in [1.29, 1.82) is 0 Å². The van der Waals surface area contributed by atoms with Gasteiger partial charge in [-0.2, -0.15) is 0 Å². The second-order valence-corrected chi connectivity index (χ2v) is 4.85. The molecule has 0 aromatic heterocycles. The van der Waals surface area contributed by atoms with Gasteiger partial charge in [0, 0.05) is 26.6 Å². The van der Waals surface area contributed by atoms with Crippen molar-refractivity contribution >= 4 is 18.0 Å². The standard InChI is InChI=1S/C12H20N2O5/c1-14(7-3-4-9(15)19-2)11(18)13-8-12(5-6-12)10(16)17/h3-8H2,1-2H3,(H,13,18)(H,16,17). The summed E-state index contributed by atoms with van der Waals surface area (Å²) in [5.74, 6) is -1.17. The Balaban J connectivity index is 2.22. The fourth-order valence-corrected chi connectivity index (χ4v) is 1.66. The molecule has 0 aromatic rings. The maximum Gasteiger partial charge on any atom is 0.317 e. The molecular weight excluding hydrogens is 252 g/mol. The molecule has 0 aromatic carbocycles. The SMILES string of the molecule is COC(=O)CCCN(C)C(=O)NCC1(C(=O)O)CC1. The second-order valence-electron chi connectivity index (χ2n) is 4.85. The van der Waals surface area contributed by atoms with Crippen LogP contribution in [0, 0.1) is 5.41 Å². The van der Waals surface area contributed by atoms with Crippen LogP contribution in [-0.4, -0.2) is 55.2 Å². The van der Waals surface area contributed by atoms with Gasteiger partial charge in [-0.3, -0.25) is 9.59 Å². The lowest BCUT2D eigenvalue weighted by Gasteiger charge is -2.19. The van der Waals surface area contributed by atoms with Crippen molar-refractivity contribution in [3.05, 3.63) is 0 Å². The molecule has 19 heavy (non-hydrogen) atoms. The summed E-state index contributed by atoms with van der Waals surface area (Å²) >= 11 is 0. The Kier molecular flexibility index (Phi) is 5.14. The predicted molar refractivity (Wildman–Crippen MR) is 66.6 cm³/mol. The Bertz CT molecular complexity index is 365. The van der Waals surface area contributed by atoms with E-state index in [1.54, 1.807) is 7.05 Å². The van der Waals surface area contributed by atoms with Gasteiger partial charge in [0.05, 0.1) is 12.5 Å². The van der Waals surface area contributed by atoms with Gasteiger partial charge < -0.3 is 20.1 Å². The number of esters is 1. The van der Waals surface area contributed by atoms with E-state index in [9.17, 15) is 14.4 Å². The number of ether oxygens (including phenoxy) is 1. The molecule has 1 fully saturated rings. The van der Waals surface area contributed by atoms with Gasteiger partial charge in [-0.15, -0.1) is 0 Å². The van der Waals surface area contributed by atoms with Crippen LogP contribution in [0.15, 0.2) is 0 Å². The van der Waals surface area contributed by atoms with Crippen LogP contribution in [0.2, 0.25) is 0 Å². The number of hydrogen-bond acceptors (Lipinski definition) is 4. The highest BCUT2D eigenvalue weighted by molar-refractivity contribution is 5.80. The average Bonchev–Trinajstić information content (AvgIpc) is 3.16. The summed E-state index contributed by atoms with van der Waals surface area (Å²) in [4.78, 5) is 34.9. The summed E-state index contributed by atoms with van der Waals surface area (Å²) in [5, 5.41) is 11.6. The molecule has 0 aliphatic heterocycles. The van der Waals surface area contributed by atoms with E-state index >= 15 is 0 Å². The number of carbonyl (C=O) groups excluding carboxylic acids is 2. The normalized spacial score (nSPS) is 15.5. The quantitative estimate of drug-likeness (QED) is 0.656. The highest BCUT2D eigenvalue weighted by atomic mass is 16.5. The molecule has 1 rings (SSSR count). The Morgan fingerprint density at radius 2 is 2.00 bits per heavy atom. The lowest BCUT2D eigenvalue weighted by atomic mass is 10.1. The maximum absolute atomic E-state index is 11.7. The van der Waals surface area contributed by atoms with Gasteiger partial charge in [0.15, 0.2) is 0 Å². The highest BCUT2D eigenvalue weighted by Crippen LogP contribution is 2.45. The molecule has 7 heteroatoms. The predicted octanol–water partition coefficient (Wildman–Crippen LogP) is 0.446. The Hall–Kier alpha value is -1.79. The number of aliphatic carboxylic acids is 1. The molecule has 2 amide bonds. The zero-order chi connectivity index (χ0) is 14.5. The number of carboxylic acids is 1. The number of rotatable bonds is 7. The first-order valence-electron chi connectivity index (χ1n) is 6.20.